The Morgan fingerprint density at radius 2 is 2.35 bits per heavy atom. The maximum Gasteiger partial charge on any atom is 0.310 e. The highest BCUT2D eigenvalue weighted by Gasteiger charge is 2.29. The molecule has 0 radical (unpaired) electrons. The van der Waals surface area contributed by atoms with Gasteiger partial charge in [-0.3, -0.25) is 9.59 Å². The van der Waals surface area contributed by atoms with Gasteiger partial charge in [0.2, 0.25) is 5.91 Å². The fourth-order valence-corrected chi connectivity index (χ4v) is 2.41. The monoisotopic (exact) mass is 280 g/mol. The van der Waals surface area contributed by atoms with E-state index < -0.39 is 0 Å². The van der Waals surface area contributed by atoms with Gasteiger partial charge < -0.3 is 14.1 Å². The van der Waals surface area contributed by atoms with Crippen LogP contribution in [0.4, 0.5) is 0 Å². The number of amides is 1. The Morgan fingerprint density at radius 1 is 1.55 bits per heavy atom. The number of esters is 1. The molecule has 1 aliphatic heterocycles. The smallest absolute Gasteiger partial charge is 0.310 e. The number of aryl methyl sites for hydroxylation is 1. The Hall–Kier alpha value is -1.85. The van der Waals surface area contributed by atoms with E-state index >= 15 is 0 Å². The number of carbonyl (C=O) groups is 2. The van der Waals surface area contributed by atoms with Crippen molar-refractivity contribution < 1.29 is 18.7 Å². The summed E-state index contributed by atoms with van der Waals surface area (Å²) in [7, 11) is 0. The lowest BCUT2D eigenvalue weighted by atomic mass is 9.98. The fourth-order valence-electron chi connectivity index (χ4n) is 2.41. The van der Waals surface area contributed by atoms with Gasteiger partial charge in [0, 0.05) is 20.0 Å². The minimum atomic E-state index is -0.206. The molecule has 2 rings (SSSR count). The van der Waals surface area contributed by atoms with Crippen LogP contribution in [0, 0.1) is 12.8 Å². The molecule has 0 aromatic carbocycles. The van der Waals surface area contributed by atoms with Gasteiger partial charge in [0.05, 0.1) is 24.6 Å². The van der Waals surface area contributed by atoms with Crippen LogP contribution >= 0.6 is 0 Å². The molecule has 1 saturated heterocycles. The molecule has 1 unspecified atom stereocenters. The highest BCUT2D eigenvalue weighted by atomic mass is 16.5. The summed E-state index contributed by atoms with van der Waals surface area (Å²) in [5.74, 6) is 0.122. The molecular formula is C14H20N2O4. The molecule has 0 aliphatic carbocycles. The van der Waals surface area contributed by atoms with Crippen molar-refractivity contribution in [3.63, 3.8) is 0 Å². The third-order valence-electron chi connectivity index (χ3n) is 3.39. The van der Waals surface area contributed by atoms with E-state index in [4.69, 9.17) is 9.15 Å². The molecule has 110 valence electrons. The van der Waals surface area contributed by atoms with Crippen LogP contribution in [0.3, 0.4) is 0 Å². The molecule has 6 heteroatoms. The van der Waals surface area contributed by atoms with E-state index in [1.807, 2.05) is 0 Å². The first kappa shape index (κ1) is 14.6. The average Bonchev–Trinajstić information content (AvgIpc) is 2.84. The summed E-state index contributed by atoms with van der Waals surface area (Å²) in [5.41, 5.74) is 0.630. The van der Waals surface area contributed by atoms with Crippen LogP contribution in [-0.2, 0) is 20.7 Å². The van der Waals surface area contributed by atoms with Gasteiger partial charge in [-0.1, -0.05) is 0 Å². The number of carbonyl (C=O) groups excluding carboxylic acids is 2. The zero-order valence-corrected chi connectivity index (χ0v) is 11.9. The molecule has 2 heterocycles. The molecule has 1 aliphatic rings. The van der Waals surface area contributed by atoms with Crippen LogP contribution in [0.2, 0.25) is 0 Å². The van der Waals surface area contributed by atoms with Crippen molar-refractivity contribution in [1.29, 1.82) is 0 Å². The van der Waals surface area contributed by atoms with Crippen LogP contribution in [0.25, 0.3) is 0 Å². The minimum Gasteiger partial charge on any atom is -0.466 e. The molecule has 1 atom stereocenters. The van der Waals surface area contributed by atoms with Gasteiger partial charge in [-0.15, -0.1) is 0 Å². The summed E-state index contributed by atoms with van der Waals surface area (Å²) in [6, 6.07) is 0. The summed E-state index contributed by atoms with van der Waals surface area (Å²) >= 11 is 0. The van der Waals surface area contributed by atoms with E-state index in [1.165, 1.54) is 6.26 Å². The van der Waals surface area contributed by atoms with Gasteiger partial charge in [0.25, 0.3) is 0 Å². The number of hydrogen-bond donors (Lipinski definition) is 0. The fraction of sp³-hybridized carbons (Fsp3) is 0.643. The van der Waals surface area contributed by atoms with Crippen molar-refractivity contribution in [3.8, 4) is 0 Å². The topological polar surface area (TPSA) is 72.6 Å². The van der Waals surface area contributed by atoms with E-state index in [0.29, 0.717) is 31.3 Å². The van der Waals surface area contributed by atoms with E-state index in [0.717, 1.165) is 12.8 Å². The van der Waals surface area contributed by atoms with Gasteiger partial charge >= 0.3 is 5.97 Å². The molecule has 1 amide bonds. The Kier molecular flexibility index (Phi) is 4.76. The van der Waals surface area contributed by atoms with Gasteiger partial charge in [-0.2, -0.15) is 0 Å². The van der Waals surface area contributed by atoms with E-state index in [2.05, 4.69) is 4.98 Å². The molecule has 0 N–H and O–H groups in total. The first-order valence-electron chi connectivity index (χ1n) is 6.95. The predicted molar refractivity (Wildman–Crippen MR) is 70.9 cm³/mol. The quantitative estimate of drug-likeness (QED) is 0.778. The Labute approximate surface area is 118 Å². The number of rotatable bonds is 4. The zero-order valence-electron chi connectivity index (χ0n) is 11.9. The predicted octanol–water partition coefficient (Wildman–Crippen LogP) is 1.33. The SMILES string of the molecule is CCOC(=O)C1CCCN(C(=O)Cc2coc(C)n2)C1. The van der Waals surface area contributed by atoms with Crippen molar-refractivity contribution in [1.82, 2.24) is 9.88 Å². The molecule has 1 aromatic heterocycles. The standard InChI is InChI=1S/C14H20N2O4/c1-3-19-14(18)11-5-4-6-16(8-11)13(17)7-12-9-20-10(2)15-12/h9,11H,3-8H2,1-2H3. The molecule has 1 aromatic rings. The number of piperidine rings is 1. The maximum atomic E-state index is 12.2. The van der Waals surface area contributed by atoms with Crippen LogP contribution in [0.1, 0.15) is 31.4 Å². The first-order chi connectivity index (χ1) is 9.60. The second-order valence-electron chi connectivity index (χ2n) is 4.97. The van der Waals surface area contributed by atoms with Gasteiger partial charge in [-0.25, -0.2) is 4.98 Å². The molecule has 0 bridgehead atoms. The minimum absolute atomic E-state index is 0.0210. The molecular weight excluding hydrogens is 260 g/mol. The Balaban J connectivity index is 1.91. The maximum absolute atomic E-state index is 12.2. The lowest BCUT2D eigenvalue weighted by Gasteiger charge is -2.31. The normalized spacial score (nSPS) is 18.9. The lowest BCUT2D eigenvalue weighted by Crippen LogP contribution is -2.43. The molecule has 0 saturated carbocycles. The van der Waals surface area contributed by atoms with Crippen LogP contribution in [0.15, 0.2) is 10.7 Å². The van der Waals surface area contributed by atoms with Crippen molar-refractivity contribution in [2.24, 2.45) is 5.92 Å². The van der Waals surface area contributed by atoms with E-state index in [-0.39, 0.29) is 24.2 Å². The summed E-state index contributed by atoms with van der Waals surface area (Å²) in [6.07, 6.45) is 3.33. The van der Waals surface area contributed by atoms with E-state index in [1.54, 1.807) is 18.7 Å². The molecule has 20 heavy (non-hydrogen) atoms. The number of hydrogen-bond acceptors (Lipinski definition) is 5. The highest BCUT2D eigenvalue weighted by Crippen LogP contribution is 2.19. The second-order valence-corrected chi connectivity index (χ2v) is 4.97. The number of oxazole rings is 1. The van der Waals surface area contributed by atoms with Gasteiger partial charge in [0.1, 0.15) is 6.26 Å². The molecule has 1 fully saturated rings. The summed E-state index contributed by atoms with van der Waals surface area (Å²) in [6.45, 7) is 5.03. The zero-order chi connectivity index (χ0) is 14.5. The summed E-state index contributed by atoms with van der Waals surface area (Å²) in [5, 5.41) is 0. The van der Waals surface area contributed by atoms with Gasteiger partial charge in [-0.05, 0) is 19.8 Å². The molecule has 6 nitrogen and oxygen atoms in total. The number of ether oxygens (including phenoxy) is 1. The van der Waals surface area contributed by atoms with Crippen molar-refractivity contribution in [3.05, 3.63) is 17.8 Å². The van der Waals surface area contributed by atoms with E-state index in [9.17, 15) is 9.59 Å². The number of aromatic nitrogens is 1. The van der Waals surface area contributed by atoms with Crippen molar-refractivity contribution in [2.75, 3.05) is 19.7 Å². The first-order valence-corrected chi connectivity index (χ1v) is 6.95. The van der Waals surface area contributed by atoms with Crippen molar-refractivity contribution >= 4 is 11.9 Å². The largest absolute Gasteiger partial charge is 0.466 e. The van der Waals surface area contributed by atoms with Crippen LogP contribution in [-0.4, -0.2) is 41.5 Å². The Bertz CT molecular complexity index is 483. The molecule has 0 spiro atoms. The number of nitrogens with zero attached hydrogens (tertiary/aromatic N) is 2. The van der Waals surface area contributed by atoms with Crippen molar-refractivity contribution in [2.45, 2.75) is 33.1 Å². The third-order valence-corrected chi connectivity index (χ3v) is 3.39. The summed E-state index contributed by atoms with van der Waals surface area (Å²) in [4.78, 5) is 29.8. The average molecular weight is 280 g/mol. The third kappa shape index (κ3) is 3.59. The second kappa shape index (κ2) is 6.54. The Morgan fingerprint density at radius 3 is 3.00 bits per heavy atom. The number of likely N-dealkylation sites (tertiary alicyclic amines) is 1. The summed E-state index contributed by atoms with van der Waals surface area (Å²) < 4.78 is 10.1. The lowest BCUT2D eigenvalue weighted by molar-refractivity contribution is -0.151. The highest BCUT2D eigenvalue weighted by molar-refractivity contribution is 5.80. The van der Waals surface area contributed by atoms with Gasteiger partial charge in [0.15, 0.2) is 5.89 Å². The van der Waals surface area contributed by atoms with Crippen LogP contribution in [0.5, 0.6) is 0 Å². The van der Waals surface area contributed by atoms with Crippen LogP contribution < -0.4 is 0 Å².